The second-order valence-corrected chi connectivity index (χ2v) is 7.64. The Morgan fingerprint density at radius 2 is 1.81 bits per heavy atom. The Kier molecular flexibility index (Phi) is 6.36. The van der Waals surface area contributed by atoms with Crippen LogP contribution in [0.4, 0.5) is 0 Å². The normalized spacial score (nSPS) is 12.4. The summed E-state index contributed by atoms with van der Waals surface area (Å²) in [4.78, 5) is 24.8. The van der Waals surface area contributed by atoms with Crippen molar-refractivity contribution in [3.8, 4) is 0 Å². The standard InChI is InChI=1S/C17H17ClN2O5S/c1-20(16(17(22)23)12-6-3-2-4-7-12)15(21)11-19-26(24,25)14-9-5-8-13(18)10-14/h2-10,16,19H,11H2,1H3,(H,22,23). The number of nitrogens with one attached hydrogen (secondary N) is 1. The van der Waals surface area contributed by atoms with E-state index in [1.54, 1.807) is 30.3 Å². The minimum absolute atomic E-state index is 0.0849. The van der Waals surface area contributed by atoms with Gasteiger partial charge < -0.3 is 10.0 Å². The van der Waals surface area contributed by atoms with Crippen molar-refractivity contribution in [3.63, 3.8) is 0 Å². The predicted molar refractivity (Wildman–Crippen MR) is 96.2 cm³/mol. The SMILES string of the molecule is CN(C(=O)CNS(=O)(=O)c1cccc(Cl)c1)C(C(=O)O)c1ccccc1. The van der Waals surface area contributed by atoms with Crippen molar-refractivity contribution >= 4 is 33.5 Å². The number of amides is 1. The second-order valence-electron chi connectivity index (χ2n) is 5.44. The average Bonchev–Trinajstić information content (AvgIpc) is 2.60. The van der Waals surface area contributed by atoms with Gasteiger partial charge in [-0.15, -0.1) is 0 Å². The molecule has 2 aromatic carbocycles. The van der Waals surface area contributed by atoms with Gasteiger partial charge in [0, 0.05) is 12.1 Å². The lowest BCUT2D eigenvalue weighted by Crippen LogP contribution is -2.42. The number of carboxylic acids is 1. The van der Waals surface area contributed by atoms with Gasteiger partial charge in [-0.2, -0.15) is 0 Å². The van der Waals surface area contributed by atoms with Crippen LogP contribution < -0.4 is 4.72 Å². The first kappa shape index (κ1) is 19.9. The Labute approximate surface area is 156 Å². The molecule has 0 aromatic heterocycles. The van der Waals surface area contributed by atoms with Crippen LogP contribution in [0.5, 0.6) is 0 Å². The van der Waals surface area contributed by atoms with Crippen LogP contribution in [0.1, 0.15) is 11.6 Å². The van der Waals surface area contributed by atoms with Crippen LogP contribution in [-0.2, 0) is 19.6 Å². The highest BCUT2D eigenvalue weighted by atomic mass is 35.5. The van der Waals surface area contributed by atoms with Gasteiger partial charge in [0.1, 0.15) is 0 Å². The summed E-state index contributed by atoms with van der Waals surface area (Å²) in [6, 6.07) is 12.6. The van der Waals surface area contributed by atoms with Crippen LogP contribution in [-0.4, -0.2) is 43.9 Å². The molecule has 0 spiro atoms. The summed E-state index contributed by atoms with van der Waals surface area (Å²) >= 11 is 5.78. The molecule has 0 bridgehead atoms. The first-order valence-electron chi connectivity index (χ1n) is 7.51. The van der Waals surface area contributed by atoms with E-state index in [1.165, 1.54) is 31.3 Å². The molecule has 26 heavy (non-hydrogen) atoms. The predicted octanol–water partition coefficient (Wildman–Crippen LogP) is 1.90. The van der Waals surface area contributed by atoms with Crippen molar-refractivity contribution in [2.45, 2.75) is 10.9 Å². The van der Waals surface area contributed by atoms with Crippen LogP contribution >= 0.6 is 11.6 Å². The smallest absolute Gasteiger partial charge is 0.331 e. The largest absolute Gasteiger partial charge is 0.479 e. The molecule has 1 amide bonds. The van der Waals surface area contributed by atoms with E-state index in [1.807, 2.05) is 0 Å². The maximum absolute atomic E-state index is 12.3. The highest BCUT2D eigenvalue weighted by Crippen LogP contribution is 2.20. The lowest BCUT2D eigenvalue weighted by Gasteiger charge is -2.25. The number of rotatable bonds is 7. The van der Waals surface area contributed by atoms with E-state index in [0.29, 0.717) is 5.56 Å². The van der Waals surface area contributed by atoms with Crippen molar-refractivity contribution in [1.29, 1.82) is 0 Å². The van der Waals surface area contributed by atoms with Gasteiger partial charge in [-0.1, -0.05) is 48.0 Å². The minimum atomic E-state index is -3.95. The summed E-state index contributed by atoms with van der Waals surface area (Å²) in [5.41, 5.74) is 0.411. The summed E-state index contributed by atoms with van der Waals surface area (Å²) in [6.45, 7) is -0.581. The third-order valence-electron chi connectivity index (χ3n) is 3.65. The zero-order valence-electron chi connectivity index (χ0n) is 13.8. The molecule has 0 saturated carbocycles. The number of carbonyl (C=O) groups excluding carboxylic acids is 1. The van der Waals surface area contributed by atoms with E-state index in [4.69, 9.17) is 11.6 Å². The van der Waals surface area contributed by atoms with Gasteiger partial charge in [0.2, 0.25) is 15.9 Å². The number of hydrogen-bond donors (Lipinski definition) is 2. The van der Waals surface area contributed by atoms with Gasteiger partial charge in [-0.3, -0.25) is 4.79 Å². The number of likely N-dealkylation sites (N-methyl/N-ethyl adjacent to an activating group) is 1. The molecule has 0 fully saturated rings. The number of aliphatic carboxylic acids is 1. The zero-order valence-corrected chi connectivity index (χ0v) is 15.4. The zero-order chi connectivity index (χ0) is 19.3. The van der Waals surface area contributed by atoms with Gasteiger partial charge in [-0.25, -0.2) is 17.9 Å². The molecule has 0 radical (unpaired) electrons. The van der Waals surface area contributed by atoms with Gasteiger partial charge >= 0.3 is 5.97 Å². The molecule has 138 valence electrons. The molecular weight excluding hydrogens is 380 g/mol. The fraction of sp³-hybridized carbons (Fsp3) is 0.176. The van der Waals surface area contributed by atoms with Crippen molar-refractivity contribution in [3.05, 3.63) is 65.2 Å². The molecule has 7 nitrogen and oxygen atoms in total. The molecule has 1 atom stereocenters. The third-order valence-corrected chi connectivity index (χ3v) is 5.28. The lowest BCUT2D eigenvalue weighted by atomic mass is 10.1. The maximum Gasteiger partial charge on any atom is 0.331 e. The molecule has 0 heterocycles. The molecule has 1 unspecified atom stereocenters. The molecule has 0 aliphatic carbocycles. The Hall–Kier alpha value is -2.42. The van der Waals surface area contributed by atoms with E-state index >= 15 is 0 Å². The average molecular weight is 397 g/mol. The van der Waals surface area contributed by atoms with Gasteiger partial charge in [-0.05, 0) is 23.8 Å². The second kappa shape index (κ2) is 8.31. The van der Waals surface area contributed by atoms with Crippen molar-refractivity contribution in [2.75, 3.05) is 13.6 Å². The number of carbonyl (C=O) groups is 2. The molecular formula is C17H17ClN2O5S. The van der Waals surface area contributed by atoms with E-state index in [0.717, 1.165) is 4.90 Å². The highest BCUT2D eigenvalue weighted by Gasteiger charge is 2.28. The number of nitrogens with zero attached hydrogens (tertiary/aromatic N) is 1. The number of halogens is 1. The lowest BCUT2D eigenvalue weighted by molar-refractivity contribution is -0.148. The summed E-state index contributed by atoms with van der Waals surface area (Å²) in [6.07, 6.45) is 0. The van der Waals surface area contributed by atoms with Crippen LogP contribution in [0.3, 0.4) is 0 Å². The van der Waals surface area contributed by atoms with Gasteiger partial charge in [0.05, 0.1) is 11.4 Å². The summed E-state index contributed by atoms with van der Waals surface area (Å²) < 4.78 is 26.6. The molecule has 0 aliphatic heterocycles. The molecule has 2 rings (SSSR count). The highest BCUT2D eigenvalue weighted by molar-refractivity contribution is 7.89. The molecule has 2 N–H and O–H groups in total. The van der Waals surface area contributed by atoms with Crippen LogP contribution in [0.2, 0.25) is 5.02 Å². The monoisotopic (exact) mass is 396 g/mol. The summed E-state index contributed by atoms with van der Waals surface area (Å²) in [5.74, 6) is -1.91. The van der Waals surface area contributed by atoms with Crippen LogP contribution in [0, 0.1) is 0 Å². The third kappa shape index (κ3) is 4.81. The van der Waals surface area contributed by atoms with E-state index in [9.17, 15) is 23.1 Å². The van der Waals surface area contributed by atoms with Gasteiger partial charge in [0.25, 0.3) is 0 Å². The number of carboxylic acid groups (broad SMARTS) is 1. The summed E-state index contributed by atoms with van der Waals surface area (Å²) in [7, 11) is -2.64. The van der Waals surface area contributed by atoms with Gasteiger partial charge in [0.15, 0.2) is 6.04 Å². The Balaban J connectivity index is 2.12. The first-order valence-corrected chi connectivity index (χ1v) is 9.37. The number of hydrogen-bond acceptors (Lipinski definition) is 4. The first-order chi connectivity index (χ1) is 12.2. The van der Waals surface area contributed by atoms with Crippen molar-refractivity contribution < 1.29 is 23.1 Å². The molecule has 2 aromatic rings. The fourth-order valence-corrected chi connectivity index (χ4v) is 3.59. The molecule has 9 heteroatoms. The number of sulfonamides is 1. The maximum atomic E-state index is 12.3. The summed E-state index contributed by atoms with van der Waals surface area (Å²) in [5, 5.41) is 9.68. The van der Waals surface area contributed by atoms with Crippen LogP contribution in [0.15, 0.2) is 59.5 Å². The molecule has 0 saturated heterocycles. The van der Waals surface area contributed by atoms with Crippen molar-refractivity contribution in [1.82, 2.24) is 9.62 Å². The number of benzene rings is 2. The Bertz CT molecular complexity index is 902. The van der Waals surface area contributed by atoms with Crippen LogP contribution in [0.25, 0.3) is 0 Å². The quantitative estimate of drug-likeness (QED) is 0.743. The minimum Gasteiger partial charge on any atom is -0.479 e. The topological polar surface area (TPSA) is 104 Å². The Morgan fingerprint density at radius 3 is 2.38 bits per heavy atom. The fourth-order valence-electron chi connectivity index (χ4n) is 2.31. The van der Waals surface area contributed by atoms with Crippen molar-refractivity contribution in [2.24, 2.45) is 0 Å². The Morgan fingerprint density at radius 1 is 1.15 bits per heavy atom. The molecule has 0 aliphatic rings. The van der Waals surface area contributed by atoms with E-state index < -0.39 is 34.5 Å². The van der Waals surface area contributed by atoms with E-state index in [2.05, 4.69) is 4.72 Å². The van der Waals surface area contributed by atoms with E-state index in [-0.39, 0.29) is 9.92 Å².